The lowest BCUT2D eigenvalue weighted by Gasteiger charge is -2.25. The molecule has 0 aliphatic rings. The monoisotopic (exact) mass is 309 g/mol. The molecule has 1 rings (SSSR count). The Bertz CT molecular complexity index is 501. The summed E-state index contributed by atoms with van der Waals surface area (Å²) in [6.45, 7) is 4.35. The summed E-state index contributed by atoms with van der Waals surface area (Å²) in [5, 5.41) is 8.92. The minimum atomic E-state index is -1.03. The summed E-state index contributed by atoms with van der Waals surface area (Å²) in [5.74, 6) is -0.769. The smallest absolute Gasteiger partial charge is 0.323 e. The van der Waals surface area contributed by atoms with Crippen molar-refractivity contribution in [2.45, 2.75) is 26.3 Å². The van der Waals surface area contributed by atoms with Crippen LogP contribution in [0.2, 0.25) is 0 Å². The Labute approximate surface area is 130 Å². The predicted molar refractivity (Wildman–Crippen MR) is 82.2 cm³/mol. The highest BCUT2D eigenvalue weighted by Gasteiger charge is 2.21. The van der Waals surface area contributed by atoms with E-state index in [0.29, 0.717) is 24.5 Å². The van der Waals surface area contributed by atoms with Crippen LogP contribution >= 0.6 is 0 Å². The van der Waals surface area contributed by atoms with Gasteiger partial charge in [0.2, 0.25) is 0 Å². The minimum Gasteiger partial charge on any atom is -0.493 e. The van der Waals surface area contributed by atoms with Crippen LogP contribution in [0.25, 0.3) is 0 Å². The summed E-state index contributed by atoms with van der Waals surface area (Å²) in [4.78, 5) is 24.6. The molecule has 22 heavy (non-hydrogen) atoms. The topological polar surface area (TPSA) is 76.1 Å². The SMILES string of the molecule is COCCCOc1cccc(C(=O)N(CC(=O)O)C(C)C)c1. The lowest BCUT2D eigenvalue weighted by atomic mass is 10.1. The van der Waals surface area contributed by atoms with Crippen molar-refractivity contribution >= 4 is 11.9 Å². The van der Waals surface area contributed by atoms with Gasteiger partial charge in [0.25, 0.3) is 5.91 Å². The molecule has 0 saturated heterocycles. The molecule has 0 fully saturated rings. The maximum absolute atomic E-state index is 12.4. The molecule has 6 heteroatoms. The van der Waals surface area contributed by atoms with Gasteiger partial charge in [-0.15, -0.1) is 0 Å². The van der Waals surface area contributed by atoms with Crippen molar-refractivity contribution < 1.29 is 24.2 Å². The van der Waals surface area contributed by atoms with Gasteiger partial charge in [0.05, 0.1) is 6.61 Å². The van der Waals surface area contributed by atoms with Crippen LogP contribution in [0.1, 0.15) is 30.6 Å². The summed E-state index contributed by atoms with van der Waals surface area (Å²) in [6.07, 6.45) is 0.756. The highest BCUT2D eigenvalue weighted by molar-refractivity contribution is 5.96. The van der Waals surface area contributed by atoms with Crippen LogP contribution in [0.3, 0.4) is 0 Å². The molecule has 1 N–H and O–H groups in total. The molecule has 1 amide bonds. The second-order valence-electron chi connectivity index (χ2n) is 5.14. The van der Waals surface area contributed by atoms with E-state index in [4.69, 9.17) is 14.6 Å². The van der Waals surface area contributed by atoms with Crippen LogP contribution in [-0.2, 0) is 9.53 Å². The number of methoxy groups -OCH3 is 1. The van der Waals surface area contributed by atoms with E-state index in [1.165, 1.54) is 4.90 Å². The van der Waals surface area contributed by atoms with E-state index in [-0.39, 0.29) is 18.5 Å². The van der Waals surface area contributed by atoms with Gasteiger partial charge in [-0.25, -0.2) is 0 Å². The van der Waals surface area contributed by atoms with Gasteiger partial charge in [-0.3, -0.25) is 9.59 Å². The fourth-order valence-electron chi connectivity index (χ4n) is 1.91. The van der Waals surface area contributed by atoms with Crippen molar-refractivity contribution in [3.8, 4) is 5.75 Å². The number of carbonyl (C=O) groups is 2. The van der Waals surface area contributed by atoms with Crippen LogP contribution in [0.15, 0.2) is 24.3 Å². The Kier molecular flexibility index (Phi) is 7.39. The number of nitrogens with zero attached hydrogens (tertiary/aromatic N) is 1. The first-order valence-electron chi connectivity index (χ1n) is 7.20. The number of carbonyl (C=O) groups excluding carboxylic acids is 1. The molecular weight excluding hydrogens is 286 g/mol. The van der Waals surface area contributed by atoms with Gasteiger partial charge >= 0.3 is 5.97 Å². The van der Waals surface area contributed by atoms with E-state index in [1.807, 2.05) is 0 Å². The highest BCUT2D eigenvalue weighted by atomic mass is 16.5. The number of amides is 1. The van der Waals surface area contributed by atoms with Crippen LogP contribution in [-0.4, -0.2) is 54.8 Å². The van der Waals surface area contributed by atoms with Crippen LogP contribution in [0.5, 0.6) is 5.75 Å². The fourth-order valence-corrected chi connectivity index (χ4v) is 1.91. The average molecular weight is 309 g/mol. The zero-order valence-electron chi connectivity index (χ0n) is 13.2. The van der Waals surface area contributed by atoms with Crippen molar-refractivity contribution in [3.63, 3.8) is 0 Å². The Morgan fingerprint density at radius 2 is 2.00 bits per heavy atom. The van der Waals surface area contributed by atoms with Gasteiger partial charge in [0.15, 0.2) is 0 Å². The maximum atomic E-state index is 12.4. The molecule has 6 nitrogen and oxygen atoms in total. The van der Waals surface area contributed by atoms with E-state index in [0.717, 1.165) is 6.42 Å². The van der Waals surface area contributed by atoms with Gasteiger partial charge in [0, 0.05) is 31.7 Å². The van der Waals surface area contributed by atoms with Gasteiger partial charge in [-0.2, -0.15) is 0 Å². The molecule has 122 valence electrons. The van der Waals surface area contributed by atoms with Gasteiger partial charge in [0.1, 0.15) is 12.3 Å². The second-order valence-corrected chi connectivity index (χ2v) is 5.14. The summed E-state index contributed by atoms with van der Waals surface area (Å²) < 4.78 is 10.5. The van der Waals surface area contributed by atoms with E-state index < -0.39 is 5.97 Å². The number of aliphatic carboxylic acids is 1. The first-order chi connectivity index (χ1) is 10.5. The number of hydrogen-bond donors (Lipinski definition) is 1. The minimum absolute atomic E-state index is 0.199. The van der Waals surface area contributed by atoms with Gasteiger partial charge < -0.3 is 19.5 Å². The number of carboxylic acids is 1. The maximum Gasteiger partial charge on any atom is 0.323 e. The molecule has 0 spiro atoms. The third kappa shape index (κ3) is 5.73. The Morgan fingerprint density at radius 3 is 2.59 bits per heavy atom. The van der Waals surface area contributed by atoms with Crippen LogP contribution in [0, 0.1) is 0 Å². The first-order valence-corrected chi connectivity index (χ1v) is 7.20. The highest BCUT2D eigenvalue weighted by Crippen LogP contribution is 2.16. The summed E-state index contributed by atoms with van der Waals surface area (Å²) in [6, 6.07) is 6.57. The van der Waals surface area contributed by atoms with E-state index in [9.17, 15) is 9.59 Å². The normalized spacial score (nSPS) is 10.5. The number of hydrogen-bond acceptors (Lipinski definition) is 4. The molecule has 0 saturated carbocycles. The first kappa shape index (κ1) is 18.0. The zero-order valence-corrected chi connectivity index (χ0v) is 13.2. The van der Waals surface area contributed by atoms with E-state index >= 15 is 0 Å². The molecule has 0 unspecified atom stereocenters. The number of benzene rings is 1. The number of rotatable bonds is 9. The van der Waals surface area contributed by atoms with Crippen molar-refractivity contribution in [3.05, 3.63) is 29.8 Å². The summed E-state index contributed by atoms with van der Waals surface area (Å²) >= 11 is 0. The van der Waals surface area contributed by atoms with Crippen molar-refractivity contribution in [2.75, 3.05) is 26.9 Å². The van der Waals surface area contributed by atoms with Gasteiger partial charge in [-0.1, -0.05) is 6.07 Å². The standard InChI is InChI=1S/C16H23NO5/c1-12(2)17(11-15(18)19)16(20)13-6-4-7-14(10-13)22-9-5-8-21-3/h4,6-7,10,12H,5,8-9,11H2,1-3H3,(H,18,19). The zero-order chi connectivity index (χ0) is 16.5. The van der Waals surface area contributed by atoms with Crippen LogP contribution < -0.4 is 4.74 Å². The second kappa shape index (κ2) is 9.04. The summed E-state index contributed by atoms with van der Waals surface area (Å²) in [5.41, 5.74) is 0.416. The Hall–Kier alpha value is -2.08. The Balaban J connectivity index is 2.77. The third-order valence-electron chi connectivity index (χ3n) is 3.03. The Morgan fingerprint density at radius 1 is 1.27 bits per heavy atom. The lowest BCUT2D eigenvalue weighted by Crippen LogP contribution is -2.40. The van der Waals surface area contributed by atoms with E-state index in [1.54, 1.807) is 45.2 Å². The fraction of sp³-hybridized carbons (Fsp3) is 0.500. The third-order valence-corrected chi connectivity index (χ3v) is 3.03. The van der Waals surface area contributed by atoms with Crippen molar-refractivity contribution in [1.29, 1.82) is 0 Å². The quantitative estimate of drug-likeness (QED) is 0.706. The molecule has 0 atom stereocenters. The molecule has 0 aliphatic heterocycles. The molecule has 0 radical (unpaired) electrons. The average Bonchev–Trinajstić information content (AvgIpc) is 2.48. The molecule has 0 aromatic heterocycles. The molecular formula is C16H23NO5. The molecule has 0 heterocycles. The number of ether oxygens (including phenoxy) is 2. The molecule has 0 aliphatic carbocycles. The van der Waals surface area contributed by atoms with E-state index in [2.05, 4.69) is 0 Å². The van der Waals surface area contributed by atoms with Crippen LogP contribution in [0.4, 0.5) is 0 Å². The largest absolute Gasteiger partial charge is 0.493 e. The predicted octanol–water partition coefficient (Wildman–Crippen LogP) is 2.04. The molecule has 1 aromatic carbocycles. The van der Waals surface area contributed by atoms with Crippen molar-refractivity contribution in [1.82, 2.24) is 4.90 Å². The number of carboxylic acid groups (broad SMARTS) is 1. The summed E-state index contributed by atoms with van der Waals surface area (Å²) in [7, 11) is 1.63. The molecule has 0 bridgehead atoms. The lowest BCUT2D eigenvalue weighted by molar-refractivity contribution is -0.138. The van der Waals surface area contributed by atoms with Crippen molar-refractivity contribution in [2.24, 2.45) is 0 Å². The van der Waals surface area contributed by atoms with Gasteiger partial charge in [-0.05, 0) is 32.0 Å². The molecule has 1 aromatic rings.